The molecule has 2 nitrogen and oxygen atoms in total. The molecule has 2 fully saturated rings. The fraction of sp³-hybridized carbons (Fsp3) is 1.00. The summed E-state index contributed by atoms with van der Waals surface area (Å²) in [6.07, 6.45) is 11.3. The number of likely N-dealkylation sites (tertiary alicyclic amines) is 2. The van der Waals surface area contributed by atoms with Crippen molar-refractivity contribution >= 4 is 0 Å². The Kier molecular flexibility index (Phi) is 5.97. The average Bonchev–Trinajstić information content (AvgIpc) is 2.42. The Morgan fingerprint density at radius 3 is 2.44 bits per heavy atom. The molecule has 18 heavy (non-hydrogen) atoms. The lowest BCUT2D eigenvalue weighted by Crippen LogP contribution is -2.50. The first-order chi connectivity index (χ1) is 8.81. The average molecular weight is 252 g/mol. The van der Waals surface area contributed by atoms with Gasteiger partial charge < -0.3 is 9.80 Å². The summed E-state index contributed by atoms with van der Waals surface area (Å²) in [5.41, 5.74) is 0. The predicted octanol–water partition coefficient (Wildman–Crippen LogP) is 3.52. The van der Waals surface area contributed by atoms with Gasteiger partial charge in [0.2, 0.25) is 0 Å². The van der Waals surface area contributed by atoms with Gasteiger partial charge in [-0.25, -0.2) is 0 Å². The molecule has 0 bridgehead atoms. The van der Waals surface area contributed by atoms with Crippen molar-refractivity contribution in [2.75, 3.05) is 26.2 Å². The molecule has 2 unspecified atom stereocenters. The molecule has 0 saturated carbocycles. The Bertz CT molecular complexity index is 223. The minimum atomic E-state index is 0.808. The first-order valence-electron chi connectivity index (χ1n) is 8.29. The molecule has 0 N–H and O–H groups in total. The number of unbranched alkanes of at least 4 members (excludes halogenated alkanes) is 2. The van der Waals surface area contributed by atoms with E-state index in [1.807, 2.05) is 0 Å². The summed E-state index contributed by atoms with van der Waals surface area (Å²) in [5, 5.41) is 0. The largest absolute Gasteiger partial charge is 0.301 e. The maximum absolute atomic E-state index is 2.78. The van der Waals surface area contributed by atoms with E-state index < -0.39 is 0 Å². The van der Waals surface area contributed by atoms with Gasteiger partial charge in [0.05, 0.1) is 0 Å². The van der Waals surface area contributed by atoms with Crippen LogP contribution in [0.3, 0.4) is 0 Å². The van der Waals surface area contributed by atoms with Crippen LogP contribution in [0.4, 0.5) is 0 Å². The standard InChI is InChI=1S/C16H32N2/c1-3-4-6-10-17-13-9-16(14-15(17)2)18-11-7-5-8-12-18/h15-16H,3-14H2,1-2H3. The molecule has 2 heterocycles. The Hall–Kier alpha value is -0.0800. The Morgan fingerprint density at radius 1 is 1.00 bits per heavy atom. The molecule has 2 atom stereocenters. The predicted molar refractivity (Wildman–Crippen MR) is 79.0 cm³/mol. The van der Waals surface area contributed by atoms with E-state index in [9.17, 15) is 0 Å². The first kappa shape index (κ1) is 14.3. The number of nitrogens with zero attached hydrogens (tertiary/aromatic N) is 2. The highest BCUT2D eigenvalue weighted by molar-refractivity contribution is 4.85. The number of rotatable bonds is 5. The third kappa shape index (κ3) is 3.96. The van der Waals surface area contributed by atoms with Gasteiger partial charge in [0.1, 0.15) is 0 Å². The van der Waals surface area contributed by atoms with Gasteiger partial charge in [-0.2, -0.15) is 0 Å². The number of hydrogen-bond acceptors (Lipinski definition) is 2. The van der Waals surface area contributed by atoms with Crippen molar-refractivity contribution < 1.29 is 0 Å². The molecule has 2 heteroatoms. The first-order valence-corrected chi connectivity index (χ1v) is 8.29. The highest BCUT2D eigenvalue weighted by Crippen LogP contribution is 2.24. The monoisotopic (exact) mass is 252 g/mol. The molecule has 0 aromatic heterocycles. The van der Waals surface area contributed by atoms with Crippen LogP contribution in [0.1, 0.15) is 65.2 Å². The second-order valence-corrected chi connectivity index (χ2v) is 6.37. The summed E-state index contributed by atoms with van der Waals surface area (Å²) in [6.45, 7) is 10.2. The molecule has 0 aromatic carbocycles. The van der Waals surface area contributed by atoms with E-state index in [0.29, 0.717) is 0 Å². The summed E-state index contributed by atoms with van der Waals surface area (Å²) in [5.74, 6) is 0. The van der Waals surface area contributed by atoms with Crippen molar-refractivity contribution in [1.29, 1.82) is 0 Å². The van der Waals surface area contributed by atoms with Gasteiger partial charge >= 0.3 is 0 Å². The molecule has 2 aliphatic heterocycles. The molecule has 0 aliphatic carbocycles. The maximum Gasteiger partial charge on any atom is 0.0122 e. The summed E-state index contributed by atoms with van der Waals surface area (Å²) in [6, 6.07) is 1.70. The van der Waals surface area contributed by atoms with Gasteiger partial charge in [0.25, 0.3) is 0 Å². The summed E-state index contributed by atoms with van der Waals surface area (Å²) >= 11 is 0. The SMILES string of the molecule is CCCCCN1CCC(N2CCCCC2)CC1C. The summed E-state index contributed by atoms with van der Waals surface area (Å²) in [7, 11) is 0. The van der Waals surface area contributed by atoms with E-state index in [1.54, 1.807) is 0 Å². The van der Waals surface area contributed by atoms with E-state index in [4.69, 9.17) is 0 Å². The van der Waals surface area contributed by atoms with Gasteiger partial charge in [0.15, 0.2) is 0 Å². The zero-order valence-electron chi connectivity index (χ0n) is 12.5. The van der Waals surface area contributed by atoms with Gasteiger partial charge in [-0.15, -0.1) is 0 Å². The summed E-state index contributed by atoms with van der Waals surface area (Å²) < 4.78 is 0. The lowest BCUT2D eigenvalue weighted by molar-refractivity contribution is 0.0606. The van der Waals surface area contributed by atoms with Gasteiger partial charge in [-0.1, -0.05) is 26.2 Å². The molecule has 0 radical (unpaired) electrons. The number of piperidine rings is 2. The highest BCUT2D eigenvalue weighted by atomic mass is 15.2. The fourth-order valence-electron chi connectivity index (χ4n) is 3.71. The maximum atomic E-state index is 2.78. The van der Waals surface area contributed by atoms with Crippen LogP contribution in [0.5, 0.6) is 0 Å². The van der Waals surface area contributed by atoms with Crippen molar-refractivity contribution in [1.82, 2.24) is 9.80 Å². The Labute approximate surface area is 114 Å². The smallest absolute Gasteiger partial charge is 0.0122 e. The molecule has 0 amide bonds. The third-order valence-corrected chi connectivity index (χ3v) is 4.94. The second kappa shape index (κ2) is 7.49. The minimum Gasteiger partial charge on any atom is -0.301 e. The third-order valence-electron chi connectivity index (χ3n) is 4.94. The van der Waals surface area contributed by atoms with Gasteiger partial charge in [0, 0.05) is 12.1 Å². The van der Waals surface area contributed by atoms with Crippen molar-refractivity contribution in [2.45, 2.75) is 77.3 Å². The summed E-state index contributed by atoms with van der Waals surface area (Å²) in [4.78, 5) is 5.51. The second-order valence-electron chi connectivity index (χ2n) is 6.37. The van der Waals surface area contributed by atoms with Gasteiger partial charge in [-0.05, 0) is 65.2 Å². The fourth-order valence-corrected chi connectivity index (χ4v) is 3.71. The van der Waals surface area contributed by atoms with E-state index in [0.717, 1.165) is 12.1 Å². The normalized spacial score (nSPS) is 31.7. The van der Waals surface area contributed by atoms with Crippen molar-refractivity contribution in [3.63, 3.8) is 0 Å². The molecule has 2 rings (SSSR count). The molecule has 0 spiro atoms. The van der Waals surface area contributed by atoms with Crippen molar-refractivity contribution in [2.24, 2.45) is 0 Å². The van der Waals surface area contributed by atoms with Crippen LogP contribution in [0.25, 0.3) is 0 Å². The Balaban J connectivity index is 1.73. The van der Waals surface area contributed by atoms with Crippen LogP contribution in [-0.2, 0) is 0 Å². The zero-order chi connectivity index (χ0) is 12.8. The van der Waals surface area contributed by atoms with Crippen molar-refractivity contribution in [3.8, 4) is 0 Å². The van der Waals surface area contributed by atoms with Crippen LogP contribution in [-0.4, -0.2) is 48.1 Å². The lowest BCUT2D eigenvalue weighted by atomic mass is 9.94. The van der Waals surface area contributed by atoms with Crippen LogP contribution in [0.15, 0.2) is 0 Å². The quantitative estimate of drug-likeness (QED) is 0.691. The molecule has 2 aliphatic rings. The van der Waals surface area contributed by atoms with Crippen LogP contribution < -0.4 is 0 Å². The Morgan fingerprint density at radius 2 is 1.78 bits per heavy atom. The highest BCUT2D eigenvalue weighted by Gasteiger charge is 2.29. The van der Waals surface area contributed by atoms with E-state index >= 15 is 0 Å². The molecular weight excluding hydrogens is 220 g/mol. The lowest BCUT2D eigenvalue weighted by Gasteiger charge is -2.43. The molecule has 0 aromatic rings. The van der Waals surface area contributed by atoms with Crippen molar-refractivity contribution in [3.05, 3.63) is 0 Å². The molecule has 2 saturated heterocycles. The van der Waals surface area contributed by atoms with Crippen LogP contribution in [0.2, 0.25) is 0 Å². The van der Waals surface area contributed by atoms with E-state index in [1.165, 1.54) is 77.5 Å². The van der Waals surface area contributed by atoms with E-state index in [2.05, 4.69) is 23.6 Å². The zero-order valence-corrected chi connectivity index (χ0v) is 12.5. The van der Waals surface area contributed by atoms with Crippen LogP contribution >= 0.6 is 0 Å². The molecular formula is C16H32N2. The molecule has 106 valence electrons. The van der Waals surface area contributed by atoms with Crippen LogP contribution in [0, 0.1) is 0 Å². The van der Waals surface area contributed by atoms with E-state index in [-0.39, 0.29) is 0 Å². The topological polar surface area (TPSA) is 6.48 Å². The minimum absolute atomic E-state index is 0.808. The van der Waals surface area contributed by atoms with Gasteiger partial charge in [-0.3, -0.25) is 0 Å². The number of hydrogen-bond donors (Lipinski definition) is 0.